The standard InChI is InChI=1S/C25H37N7O/c1-26-25-23(18-22(28-29-25)21-4-2-3-5-24(21)33)32-16-14-31(15-17-32)20-8-12-30(13-9-20)19-6-10-27-11-7-19/h2-5,18-20,27,33H,6-17H2,1H3,(H,26,29). The Morgan fingerprint density at radius 3 is 2.24 bits per heavy atom. The molecule has 0 aliphatic carbocycles. The van der Waals surface area contributed by atoms with Crippen LogP contribution < -0.4 is 15.5 Å². The molecule has 0 spiro atoms. The van der Waals surface area contributed by atoms with Crippen molar-refractivity contribution in [2.24, 2.45) is 0 Å². The smallest absolute Gasteiger partial charge is 0.172 e. The number of hydrogen-bond acceptors (Lipinski definition) is 8. The van der Waals surface area contributed by atoms with Crippen molar-refractivity contribution in [3.8, 4) is 17.0 Å². The van der Waals surface area contributed by atoms with E-state index >= 15 is 0 Å². The van der Waals surface area contributed by atoms with E-state index in [1.54, 1.807) is 6.07 Å². The minimum Gasteiger partial charge on any atom is -0.507 e. The number of benzene rings is 1. The summed E-state index contributed by atoms with van der Waals surface area (Å²) >= 11 is 0. The Balaban J connectivity index is 1.20. The second kappa shape index (κ2) is 10.2. The summed E-state index contributed by atoms with van der Waals surface area (Å²) in [4.78, 5) is 7.86. The molecule has 0 radical (unpaired) electrons. The van der Waals surface area contributed by atoms with Gasteiger partial charge >= 0.3 is 0 Å². The van der Waals surface area contributed by atoms with Crippen molar-refractivity contribution >= 4 is 11.5 Å². The molecule has 3 aliphatic heterocycles. The molecule has 3 saturated heterocycles. The van der Waals surface area contributed by atoms with E-state index in [0.717, 1.165) is 43.7 Å². The van der Waals surface area contributed by atoms with Gasteiger partial charge in [0.25, 0.3) is 0 Å². The van der Waals surface area contributed by atoms with Gasteiger partial charge < -0.3 is 25.5 Å². The lowest BCUT2D eigenvalue weighted by Gasteiger charge is -2.45. The number of piperidine rings is 2. The molecule has 33 heavy (non-hydrogen) atoms. The first-order chi connectivity index (χ1) is 16.2. The fraction of sp³-hybridized carbons (Fsp3) is 0.600. The van der Waals surface area contributed by atoms with E-state index in [0.29, 0.717) is 17.3 Å². The number of phenolic OH excluding ortho intramolecular Hbond substituents is 1. The van der Waals surface area contributed by atoms with Crippen molar-refractivity contribution in [2.75, 3.05) is 69.6 Å². The zero-order valence-corrected chi connectivity index (χ0v) is 19.7. The van der Waals surface area contributed by atoms with Crippen LogP contribution in [0.5, 0.6) is 5.75 Å². The van der Waals surface area contributed by atoms with Crippen LogP contribution in [0.3, 0.4) is 0 Å². The third kappa shape index (κ3) is 4.93. The van der Waals surface area contributed by atoms with Crippen LogP contribution in [-0.4, -0.2) is 96.6 Å². The number of piperazine rings is 1. The minimum atomic E-state index is 0.232. The quantitative estimate of drug-likeness (QED) is 0.639. The van der Waals surface area contributed by atoms with Gasteiger partial charge in [-0.25, -0.2) is 0 Å². The number of nitrogens with one attached hydrogen (secondary N) is 2. The van der Waals surface area contributed by atoms with Crippen molar-refractivity contribution in [1.29, 1.82) is 0 Å². The van der Waals surface area contributed by atoms with Gasteiger partial charge in [-0.2, -0.15) is 0 Å². The number of aromatic hydroxyl groups is 1. The fourth-order valence-corrected chi connectivity index (χ4v) is 5.74. The average Bonchev–Trinajstić information content (AvgIpc) is 2.89. The summed E-state index contributed by atoms with van der Waals surface area (Å²) in [6, 6.07) is 10.9. The largest absolute Gasteiger partial charge is 0.507 e. The molecule has 4 heterocycles. The fourth-order valence-electron chi connectivity index (χ4n) is 5.74. The summed E-state index contributed by atoms with van der Waals surface area (Å²) in [6.45, 7) is 8.97. The molecule has 2 aromatic rings. The summed E-state index contributed by atoms with van der Waals surface area (Å²) in [5.74, 6) is 1.02. The molecule has 5 rings (SSSR count). The SMILES string of the molecule is CNc1nnc(-c2ccccc2O)cc1N1CCN(C2CCN(C3CCNCC3)CC2)CC1. The molecule has 3 fully saturated rings. The van der Waals surface area contributed by atoms with Gasteiger partial charge in [-0.3, -0.25) is 4.90 Å². The molecule has 0 bridgehead atoms. The normalized spacial score (nSPS) is 21.9. The maximum atomic E-state index is 10.3. The van der Waals surface area contributed by atoms with Crippen molar-refractivity contribution in [2.45, 2.75) is 37.8 Å². The van der Waals surface area contributed by atoms with E-state index in [4.69, 9.17) is 0 Å². The van der Waals surface area contributed by atoms with Gasteiger partial charge in [-0.05, 0) is 70.1 Å². The molecular weight excluding hydrogens is 414 g/mol. The highest BCUT2D eigenvalue weighted by Gasteiger charge is 2.31. The molecule has 0 unspecified atom stereocenters. The highest BCUT2D eigenvalue weighted by Crippen LogP contribution is 2.33. The lowest BCUT2D eigenvalue weighted by atomic mass is 9.97. The van der Waals surface area contributed by atoms with Crippen LogP contribution in [0.25, 0.3) is 11.3 Å². The Kier molecular flexibility index (Phi) is 6.94. The zero-order chi connectivity index (χ0) is 22.6. The van der Waals surface area contributed by atoms with Gasteiger partial charge in [0, 0.05) is 50.9 Å². The monoisotopic (exact) mass is 451 g/mol. The number of aromatic nitrogens is 2. The van der Waals surface area contributed by atoms with E-state index in [2.05, 4.69) is 41.6 Å². The van der Waals surface area contributed by atoms with Crippen LogP contribution in [0.2, 0.25) is 0 Å². The number of rotatable bonds is 5. The van der Waals surface area contributed by atoms with Crippen molar-refractivity contribution in [3.63, 3.8) is 0 Å². The summed E-state index contributed by atoms with van der Waals surface area (Å²) in [5.41, 5.74) is 2.48. The van der Waals surface area contributed by atoms with Crippen LogP contribution in [0, 0.1) is 0 Å². The highest BCUT2D eigenvalue weighted by atomic mass is 16.3. The predicted octanol–water partition coefficient (Wildman–Crippen LogP) is 2.23. The van der Waals surface area contributed by atoms with Crippen LogP contribution in [0.1, 0.15) is 25.7 Å². The molecule has 8 heteroatoms. The summed E-state index contributed by atoms with van der Waals surface area (Å²) < 4.78 is 0. The third-order valence-corrected chi connectivity index (χ3v) is 7.69. The van der Waals surface area contributed by atoms with E-state index in [9.17, 15) is 5.11 Å². The van der Waals surface area contributed by atoms with Gasteiger partial charge in [0.1, 0.15) is 5.75 Å². The maximum Gasteiger partial charge on any atom is 0.172 e. The van der Waals surface area contributed by atoms with Gasteiger partial charge in [0.15, 0.2) is 5.82 Å². The van der Waals surface area contributed by atoms with Crippen LogP contribution in [0.4, 0.5) is 11.5 Å². The number of para-hydroxylation sites is 1. The second-order valence-corrected chi connectivity index (χ2v) is 9.50. The lowest BCUT2D eigenvalue weighted by molar-refractivity contribution is 0.0700. The Bertz CT molecular complexity index is 917. The highest BCUT2D eigenvalue weighted by molar-refractivity contribution is 5.75. The Morgan fingerprint density at radius 2 is 1.55 bits per heavy atom. The molecule has 1 aromatic carbocycles. The number of nitrogens with zero attached hydrogens (tertiary/aromatic N) is 5. The van der Waals surface area contributed by atoms with Crippen LogP contribution in [-0.2, 0) is 0 Å². The minimum absolute atomic E-state index is 0.232. The third-order valence-electron chi connectivity index (χ3n) is 7.69. The average molecular weight is 452 g/mol. The van der Waals surface area contributed by atoms with Crippen LogP contribution in [0.15, 0.2) is 30.3 Å². The predicted molar refractivity (Wildman–Crippen MR) is 133 cm³/mol. The maximum absolute atomic E-state index is 10.3. The van der Waals surface area contributed by atoms with E-state index in [-0.39, 0.29) is 5.75 Å². The van der Waals surface area contributed by atoms with Crippen LogP contribution >= 0.6 is 0 Å². The molecule has 8 nitrogen and oxygen atoms in total. The zero-order valence-electron chi connectivity index (χ0n) is 19.7. The van der Waals surface area contributed by atoms with E-state index < -0.39 is 0 Å². The van der Waals surface area contributed by atoms with E-state index in [1.807, 2.05) is 25.2 Å². The molecule has 0 atom stereocenters. The van der Waals surface area contributed by atoms with E-state index in [1.165, 1.54) is 51.9 Å². The Hall–Kier alpha value is -2.42. The summed E-state index contributed by atoms with van der Waals surface area (Å²) in [5, 5.41) is 25.7. The number of phenols is 1. The van der Waals surface area contributed by atoms with Crippen molar-refractivity contribution < 1.29 is 5.11 Å². The number of likely N-dealkylation sites (tertiary alicyclic amines) is 1. The first-order valence-electron chi connectivity index (χ1n) is 12.5. The number of hydrogen-bond donors (Lipinski definition) is 3. The molecule has 1 aromatic heterocycles. The van der Waals surface area contributed by atoms with Crippen molar-refractivity contribution in [3.05, 3.63) is 30.3 Å². The number of anilines is 2. The first kappa shape index (κ1) is 22.4. The molecule has 178 valence electrons. The molecule has 3 aliphatic rings. The topological polar surface area (TPSA) is 79.8 Å². The molecule has 0 saturated carbocycles. The van der Waals surface area contributed by atoms with Crippen molar-refractivity contribution in [1.82, 2.24) is 25.3 Å². The molecule has 0 amide bonds. The molecule has 3 N–H and O–H groups in total. The Labute approximate surface area is 197 Å². The Morgan fingerprint density at radius 1 is 0.879 bits per heavy atom. The summed E-state index contributed by atoms with van der Waals surface area (Å²) in [7, 11) is 1.89. The van der Waals surface area contributed by atoms with Gasteiger partial charge in [-0.15, -0.1) is 10.2 Å². The van der Waals surface area contributed by atoms with Gasteiger partial charge in [0.2, 0.25) is 0 Å². The lowest BCUT2D eigenvalue weighted by Crippen LogP contribution is -2.55. The summed E-state index contributed by atoms with van der Waals surface area (Å²) in [6.07, 6.45) is 5.19. The first-order valence-corrected chi connectivity index (χ1v) is 12.5. The van der Waals surface area contributed by atoms with Gasteiger partial charge in [-0.1, -0.05) is 12.1 Å². The second-order valence-electron chi connectivity index (χ2n) is 9.50. The van der Waals surface area contributed by atoms with Gasteiger partial charge in [0.05, 0.1) is 11.4 Å². The molecular formula is C25H37N7O.